The normalized spacial score (nSPS) is 20.7. The van der Waals surface area contributed by atoms with Crippen molar-refractivity contribution in [3.8, 4) is 5.75 Å². The Bertz CT molecular complexity index is 1020. The molecule has 5 rings (SSSR count). The van der Waals surface area contributed by atoms with Gasteiger partial charge in [0.1, 0.15) is 11.9 Å². The average molecular weight is 435 g/mol. The van der Waals surface area contributed by atoms with Crippen LogP contribution in [0.4, 0.5) is 11.4 Å². The fraction of sp³-hybridized carbons (Fsp3) is 0.308. The molecule has 2 aliphatic rings. The molecule has 31 heavy (non-hydrogen) atoms. The van der Waals surface area contributed by atoms with E-state index in [0.29, 0.717) is 17.9 Å². The van der Waals surface area contributed by atoms with Crippen molar-refractivity contribution in [3.05, 3.63) is 89.4 Å². The van der Waals surface area contributed by atoms with Crippen LogP contribution in [-0.2, 0) is 5.60 Å². The number of hydrogen-bond donors (Lipinski definition) is 1. The van der Waals surface area contributed by atoms with Gasteiger partial charge in [-0.2, -0.15) is 0 Å². The first-order valence-corrected chi connectivity index (χ1v) is 11.3. The summed E-state index contributed by atoms with van der Waals surface area (Å²) < 4.78 is 6.38. The lowest BCUT2D eigenvalue weighted by Crippen LogP contribution is -2.49. The summed E-state index contributed by atoms with van der Waals surface area (Å²) in [6, 6.07) is 26.3. The molecule has 1 saturated heterocycles. The van der Waals surface area contributed by atoms with Crippen LogP contribution in [0.25, 0.3) is 0 Å². The Morgan fingerprint density at radius 2 is 1.58 bits per heavy atom. The van der Waals surface area contributed by atoms with E-state index in [1.54, 1.807) is 0 Å². The van der Waals surface area contributed by atoms with Crippen LogP contribution in [0.5, 0.6) is 5.75 Å². The highest BCUT2D eigenvalue weighted by atomic mass is 35.5. The standard InChI is InChI=1S/C26H27ClN2O2/c27-21-12-10-20(11-13-21)26(30)14-16-28(17-15-26)18-23-19-29(22-6-2-1-3-7-22)24-8-4-5-9-25(24)31-23/h1-13,23,30H,14-19H2. The van der Waals surface area contributed by atoms with Gasteiger partial charge in [-0.1, -0.05) is 54.1 Å². The van der Waals surface area contributed by atoms with Crippen molar-refractivity contribution >= 4 is 23.0 Å². The van der Waals surface area contributed by atoms with Gasteiger partial charge in [-0.15, -0.1) is 0 Å². The topological polar surface area (TPSA) is 35.9 Å². The number of hydrogen-bond acceptors (Lipinski definition) is 4. The van der Waals surface area contributed by atoms with Crippen LogP contribution >= 0.6 is 11.6 Å². The van der Waals surface area contributed by atoms with Gasteiger partial charge in [0.25, 0.3) is 0 Å². The van der Waals surface area contributed by atoms with Crippen LogP contribution in [0.1, 0.15) is 18.4 Å². The maximum absolute atomic E-state index is 11.2. The fourth-order valence-electron chi connectivity index (χ4n) is 4.69. The van der Waals surface area contributed by atoms with E-state index in [1.807, 2.05) is 42.5 Å². The number of halogens is 1. The summed E-state index contributed by atoms with van der Waals surface area (Å²) in [4.78, 5) is 4.75. The molecule has 0 bridgehead atoms. The van der Waals surface area contributed by atoms with E-state index in [1.165, 1.54) is 5.69 Å². The molecule has 0 spiro atoms. The van der Waals surface area contributed by atoms with Crippen molar-refractivity contribution < 1.29 is 9.84 Å². The summed E-state index contributed by atoms with van der Waals surface area (Å²) >= 11 is 6.01. The van der Waals surface area contributed by atoms with Gasteiger partial charge in [-0.3, -0.25) is 4.90 Å². The molecule has 1 atom stereocenters. The SMILES string of the molecule is OC1(c2ccc(Cl)cc2)CCN(CC2CN(c3ccccc3)c3ccccc3O2)CC1. The van der Waals surface area contributed by atoms with Crippen molar-refractivity contribution in [3.63, 3.8) is 0 Å². The van der Waals surface area contributed by atoms with E-state index < -0.39 is 5.60 Å². The minimum atomic E-state index is -0.781. The first-order chi connectivity index (χ1) is 15.1. The number of rotatable bonds is 4. The number of nitrogens with zero attached hydrogens (tertiary/aromatic N) is 2. The molecule has 4 nitrogen and oxygen atoms in total. The smallest absolute Gasteiger partial charge is 0.143 e. The number of fused-ring (bicyclic) bond motifs is 1. The summed E-state index contributed by atoms with van der Waals surface area (Å²) in [5, 5.41) is 11.9. The van der Waals surface area contributed by atoms with Crippen molar-refractivity contribution in [2.24, 2.45) is 0 Å². The highest BCUT2D eigenvalue weighted by molar-refractivity contribution is 6.30. The Morgan fingerprint density at radius 1 is 0.903 bits per heavy atom. The number of likely N-dealkylation sites (tertiary alicyclic amines) is 1. The van der Waals surface area contributed by atoms with Crippen LogP contribution < -0.4 is 9.64 Å². The summed E-state index contributed by atoms with van der Waals surface area (Å²) in [6.07, 6.45) is 1.48. The summed E-state index contributed by atoms with van der Waals surface area (Å²) in [7, 11) is 0. The molecular weight excluding hydrogens is 408 g/mol. The van der Waals surface area contributed by atoms with Crippen LogP contribution in [0, 0.1) is 0 Å². The second kappa shape index (κ2) is 8.54. The van der Waals surface area contributed by atoms with Crippen molar-refractivity contribution in [2.75, 3.05) is 31.1 Å². The zero-order valence-corrected chi connectivity index (χ0v) is 18.2. The second-order valence-corrected chi connectivity index (χ2v) is 8.93. The molecule has 5 heteroatoms. The van der Waals surface area contributed by atoms with Crippen LogP contribution in [0.15, 0.2) is 78.9 Å². The molecule has 2 aliphatic heterocycles. The van der Waals surface area contributed by atoms with Gasteiger partial charge in [-0.25, -0.2) is 0 Å². The maximum atomic E-state index is 11.2. The van der Waals surface area contributed by atoms with E-state index >= 15 is 0 Å². The number of aliphatic hydroxyl groups is 1. The van der Waals surface area contributed by atoms with Crippen molar-refractivity contribution in [2.45, 2.75) is 24.5 Å². The monoisotopic (exact) mass is 434 g/mol. The highest BCUT2D eigenvalue weighted by Gasteiger charge is 2.36. The second-order valence-electron chi connectivity index (χ2n) is 8.49. The summed E-state index contributed by atoms with van der Waals surface area (Å²) in [5.41, 5.74) is 2.46. The predicted octanol–water partition coefficient (Wildman–Crippen LogP) is 5.22. The Hall–Kier alpha value is -2.53. The fourth-order valence-corrected chi connectivity index (χ4v) is 4.81. The number of benzene rings is 3. The third kappa shape index (κ3) is 4.29. The van der Waals surface area contributed by atoms with E-state index in [-0.39, 0.29) is 6.10 Å². The minimum Gasteiger partial charge on any atom is -0.485 e. The Balaban J connectivity index is 1.27. The quantitative estimate of drug-likeness (QED) is 0.610. The predicted molar refractivity (Wildman–Crippen MR) is 125 cm³/mol. The molecule has 160 valence electrons. The zero-order valence-electron chi connectivity index (χ0n) is 17.5. The molecule has 0 saturated carbocycles. The van der Waals surface area contributed by atoms with Crippen molar-refractivity contribution in [1.29, 1.82) is 0 Å². The summed E-state index contributed by atoms with van der Waals surface area (Å²) in [5.74, 6) is 0.928. The molecule has 2 heterocycles. The molecule has 1 fully saturated rings. The lowest BCUT2D eigenvalue weighted by molar-refractivity contribution is -0.0324. The molecule has 0 aromatic heterocycles. The highest BCUT2D eigenvalue weighted by Crippen LogP contribution is 2.39. The number of ether oxygens (including phenoxy) is 1. The number of para-hydroxylation sites is 3. The molecule has 1 unspecified atom stereocenters. The third-order valence-corrected chi connectivity index (χ3v) is 6.68. The van der Waals surface area contributed by atoms with E-state index in [2.05, 4.69) is 46.2 Å². The number of anilines is 2. The average Bonchev–Trinajstić information content (AvgIpc) is 2.81. The van der Waals surface area contributed by atoms with Gasteiger partial charge in [-0.05, 0) is 54.8 Å². The molecule has 0 amide bonds. The lowest BCUT2D eigenvalue weighted by Gasteiger charge is -2.42. The maximum Gasteiger partial charge on any atom is 0.143 e. The van der Waals surface area contributed by atoms with Gasteiger partial charge in [0.2, 0.25) is 0 Å². The van der Waals surface area contributed by atoms with Gasteiger partial charge >= 0.3 is 0 Å². The molecule has 3 aromatic carbocycles. The Kier molecular flexibility index (Phi) is 5.61. The number of piperidine rings is 1. The van der Waals surface area contributed by atoms with Gasteiger partial charge in [0.15, 0.2) is 0 Å². The largest absolute Gasteiger partial charge is 0.485 e. The molecule has 3 aromatic rings. The minimum absolute atomic E-state index is 0.0665. The van der Waals surface area contributed by atoms with Gasteiger partial charge in [0, 0.05) is 30.3 Å². The first kappa shape index (κ1) is 20.4. The van der Waals surface area contributed by atoms with Gasteiger partial charge in [0.05, 0.1) is 17.8 Å². The van der Waals surface area contributed by atoms with E-state index in [0.717, 1.165) is 43.2 Å². The van der Waals surface area contributed by atoms with Crippen molar-refractivity contribution in [1.82, 2.24) is 4.90 Å². The molecule has 0 radical (unpaired) electrons. The molecule has 0 aliphatic carbocycles. The Morgan fingerprint density at radius 3 is 2.32 bits per heavy atom. The van der Waals surface area contributed by atoms with Crippen LogP contribution in [0.2, 0.25) is 5.02 Å². The van der Waals surface area contributed by atoms with Crippen LogP contribution in [0.3, 0.4) is 0 Å². The molecule has 1 N–H and O–H groups in total. The third-order valence-electron chi connectivity index (χ3n) is 6.43. The van der Waals surface area contributed by atoms with E-state index in [4.69, 9.17) is 16.3 Å². The lowest BCUT2D eigenvalue weighted by atomic mass is 9.84. The molecular formula is C26H27ClN2O2. The van der Waals surface area contributed by atoms with Crippen LogP contribution in [-0.4, -0.2) is 42.3 Å². The first-order valence-electron chi connectivity index (χ1n) is 10.9. The zero-order chi connectivity index (χ0) is 21.3. The van der Waals surface area contributed by atoms with E-state index in [9.17, 15) is 5.11 Å². The van der Waals surface area contributed by atoms with Gasteiger partial charge < -0.3 is 14.7 Å². The Labute approximate surface area is 188 Å². The summed E-state index contributed by atoms with van der Waals surface area (Å²) in [6.45, 7) is 3.32.